The molecule has 2 aromatic carbocycles. The molecule has 0 amide bonds. The smallest absolute Gasteiger partial charge is 0.180 e. The van der Waals surface area contributed by atoms with E-state index >= 15 is 0 Å². The van der Waals surface area contributed by atoms with Gasteiger partial charge in [-0.25, -0.2) is 0 Å². The van der Waals surface area contributed by atoms with E-state index in [-0.39, 0.29) is 5.75 Å². The first kappa shape index (κ1) is 15.0. The highest BCUT2D eigenvalue weighted by atomic mass is 79.9. The monoisotopic (exact) mass is 356 g/mol. The summed E-state index contributed by atoms with van der Waals surface area (Å²) in [5, 5.41) is 10.6. The minimum absolute atomic E-state index is 0.207. The van der Waals surface area contributed by atoms with E-state index in [1.165, 1.54) is 0 Å². The quantitative estimate of drug-likeness (QED) is 0.799. The Kier molecular flexibility index (Phi) is 5.15. The molecule has 0 unspecified atom stereocenters. The SMILES string of the molecule is COc1cc(CBr)cc(Cl)c1OCc1cccc(O)c1. The maximum atomic E-state index is 9.42. The van der Waals surface area contributed by atoms with Crippen molar-refractivity contribution in [3.63, 3.8) is 0 Å². The summed E-state index contributed by atoms with van der Waals surface area (Å²) < 4.78 is 11.0. The minimum atomic E-state index is 0.207. The Morgan fingerprint density at radius 1 is 1.20 bits per heavy atom. The number of ether oxygens (including phenoxy) is 2. The zero-order chi connectivity index (χ0) is 14.5. The van der Waals surface area contributed by atoms with Gasteiger partial charge in [0.15, 0.2) is 11.5 Å². The van der Waals surface area contributed by atoms with E-state index in [0.29, 0.717) is 28.5 Å². The van der Waals surface area contributed by atoms with Crippen molar-refractivity contribution < 1.29 is 14.6 Å². The lowest BCUT2D eigenvalue weighted by Gasteiger charge is -2.13. The molecule has 1 N–H and O–H groups in total. The molecule has 0 atom stereocenters. The fourth-order valence-electron chi connectivity index (χ4n) is 1.79. The van der Waals surface area contributed by atoms with Crippen LogP contribution in [-0.2, 0) is 11.9 Å². The Hall–Kier alpha value is -1.39. The Balaban J connectivity index is 2.20. The molecule has 106 valence electrons. The molecule has 0 aliphatic carbocycles. The first-order valence-electron chi connectivity index (χ1n) is 5.97. The Morgan fingerprint density at radius 2 is 2.00 bits per heavy atom. The van der Waals surface area contributed by atoms with Crippen molar-refractivity contribution in [3.8, 4) is 17.2 Å². The number of methoxy groups -OCH3 is 1. The summed E-state index contributed by atoms with van der Waals surface area (Å²) in [6.07, 6.45) is 0. The van der Waals surface area contributed by atoms with Crippen LogP contribution in [0.5, 0.6) is 17.2 Å². The molecule has 2 rings (SSSR count). The van der Waals surface area contributed by atoms with E-state index in [1.807, 2.05) is 18.2 Å². The number of rotatable bonds is 5. The van der Waals surface area contributed by atoms with E-state index in [9.17, 15) is 5.11 Å². The lowest BCUT2D eigenvalue weighted by molar-refractivity contribution is 0.284. The number of aromatic hydroxyl groups is 1. The van der Waals surface area contributed by atoms with Crippen LogP contribution in [0, 0.1) is 0 Å². The van der Waals surface area contributed by atoms with Gasteiger partial charge in [-0.1, -0.05) is 39.7 Å². The summed E-state index contributed by atoms with van der Waals surface area (Å²) in [6.45, 7) is 0.304. The molecule has 20 heavy (non-hydrogen) atoms. The molecule has 2 aromatic rings. The molecule has 5 heteroatoms. The maximum absolute atomic E-state index is 9.42. The third-order valence-electron chi connectivity index (χ3n) is 2.74. The summed E-state index contributed by atoms with van der Waals surface area (Å²) in [5.41, 5.74) is 1.87. The third-order valence-corrected chi connectivity index (χ3v) is 3.67. The number of hydrogen-bond acceptors (Lipinski definition) is 3. The van der Waals surface area contributed by atoms with Crippen molar-refractivity contribution in [2.75, 3.05) is 7.11 Å². The molecule has 0 saturated heterocycles. The van der Waals surface area contributed by atoms with Crippen molar-refractivity contribution in [3.05, 3.63) is 52.5 Å². The molecule has 0 spiro atoms. The lowest BCUT2D eigenvalue weighted by Crippen LogP contribution is -1.99. The normalized spacial score (nSPS) is 10.3. The summed E-state index contributed by atoms with van der Waals surface area (Å²) >= 11 is 9.59. The van der Waals surface area contributed by atoms with Gasteiger partial charge >= 0.3 is 0 Å². The van der Waals surface area contributed by atoms with Crippen molar-refractivity contribution in [1.29, 1.82) is 0 Å². The Morgan fingerprint density at radius 3 is 2.65 bits per heavy atom. The highest BCUT2D eigenvalue weighted by molar-refractivity contribution is 9.08. The van der Waals surface area contributed by atoms with E-state index in [1.54, 1.807) is 25.3 Å². The minimum Gasteiger partial charge on any atom is -0.508 e. The zero-order valence-electron chi connectivity index (χ0n) is 10.9. The number of halogens is 2. The van der Waals surface area contributed by atoms with Crippen molar-refractivity contribution in [1.82, 2.24) is 0 Å². The van der Waals surface area contributed by atoms with Gasteiger partial charge in [-0.2, -0.15) is 0 Å². The van der Waals surface area contributed by atoms with Crippen LogP contribution in [0.4, 0.5) is 0 Å². The second-order valence-corrected chi connectivity index (χ2v) is 5.17. The number of phenolic OH excluding ortho intramolecular Hbond substituents is 1. The molecule has 0 heterocycles. The van der Waals surface area contributed by atoms with Crippen LogP contribution in [0.1, 0.15) is 11.1 Å². The van der Waals surface area contributed by atoms with Crippen LogP contribution in [-0.4, -0.2) is 12.2 Å². The molecule has 0 radical (unpaired) electrons. The molecule has 0 aliphatic rings. The van der Waals surface area contributed by atoms with Gasteiger partial charge in [0.05, 0.1) is 12.1 Å². The Labute approximate surface area is 131 Å². The molecule has 0 bridgehead atoms. The third kappa shape index (κ3) is 3.58. The molecule has 3 nitrogen and oxygen atoms in total. The van der Waals surface area contributed by atoms with Crippen LogP contribution in [0.2, 0.25) is 5.02 Å². The van der Waals surface area contributed by atoms with Crippen LogP contribution in [0.3, 0.4) is 0 Å². The van der Waals surface area contributed by atoms with Crippen molar-refractivity contribution in [2.45, 2.75) is 11.9 Å². The fraction of sp³-hybridized carbons (Fsp3) is 0.200. The number of hydrogen-bond donors (Lipinski definition) is 1. The largest absolute Gasteiger partial charge is 0.508 e. The average Bonchev–Trinajstić information content (AvgIpc) is 2.45. The van der Waals surface area contributed by atoms with E-state index in [2.05, 4.69) is 15.9 Å². The Bertz CT molecular complexity index is 602. The van der Waals surface area contributed by atoms with Gasteiger partial charge in [0.25, 0.3) is 0 Å². The van der Waals surface area contributed by atoms with Gasteiger partial charge < -0.3 is 14.6 Å². The summed E-state index contributed by atoms with van der Waals surface area (Å²) in [6, 6.07) is 10.6. The standard InChI is InChI=1S/C15H14BrClO3/c1-19-14-7-11(8-16)6-13(17)15(14)20-9-10-3-2-4-12(18)5-10/h2-7,18H,8-9H2,1H3. The highest BCUT2D eigenvalue weighted by Gasteiger charge is 2.12. The molecule has 0 fully saturated rings. The first-order valence-corrected chi connectivity index (χ1v) is 7.47. The van der Waals surface area contributed by atoms with Gasteiger partial charge in [-0.15, -0.1) is 0 Å². The topological polar surface area (TPSA) is 38.7 Å². The number of benzene rings is 2. The van der Waals surface area contributed by atoms with Gasteiger partial charge in [-0.05, 0) is 35.4 Å². The van der Waals surface area contributed by atoms with Crippen LogP contribution in [0.25, 0.3) is 0 Å². The van der Waals surface area contributed by atoms with Gasteiger partial charge in [-0.3, -0.25) is 0 Å². The van der Waals surface area contributed by atoms with Gasteiger partial charge in [0.2, 0.25) is 0 Å². The van der Waals surface area contributed by atoms with Crippen LogP contribution in [0.15, 0.2) is 36.4 Å². The van der Waals surface area contributed by atoms with E-state index < -0.39 is 0 Å². The summed E-state index contributed by atoms with van der Waals surface area (Å²) in [4.78, 5) is 0. The molecule has 0 aliphatic heterocycles. The van der Waals surface area contributed by atoms with E-state index in [4.69, 9.17) is 21.1 Å². The van der Waals surface area contributed by atoms with Gasteiger partial charge in [0.1, 0.15) is 12.4 Å². The number of alkyl halides is 1. The maximum Gasteiger partial charge on any atom is 0.180 e. The lowest BCUT2D eigenvalue weighted by atomic mass is 10.2. The highest BCUT2D eigenvalue weighted by Crippen LogP contribution is 2.37. The summed E-state index contributed by atoms with van der Waals surface area (Å²) in [7, 11) is 1.57. The first-order chi connectivity index (χ1) is 9.63. The predicted octanol–water partition coefficient (Wildman–Crippen LogP) is 4.53. The molecular weight excluding hydrogens is 344 g/mol. The average molecular weight is 358 g/mol. The number of phenols is 1. The second kappa shape index (κ2) is 6.86. The van der Waals surface area contributed by atoms with Crippen molar-refractivity contribution >= 4 is 27.5 Å². The summed E-state index contributed by atoms with van der Waals surface area (Å²) in [5.74, 6) is 1.30. The van der Waals surface area contributed by atoms with Crippen LogP contribution < -0.4 is 9.47 Å². The molecule has 0 aromatic heterocycles. The predicted molar refractivity (Wildman–Crippen MR) is 83.1 cm³/mol. The van der Waals surface area contributed by atoms with Crippen LogP contribution >= 0.6 is 27.5 Å². The zero-order valence-corrected chi connectivity index (χ0v) is 13.2. The fourth-order valence-corrected chi connectivity index (χ4v) is 2.40. The molecule has 0 saturated carbocycles. The van der Waals surface area contributed by atoms with Crippen molar-refractivity contribution in [2.24, 2.45) is 0 Å². The molecular formula is C15H14BrClO3. The second-order valence-electron chi connectivity index (χ2n) is 4.20. The van der Waals surface area contributed by atoms with E-state index in [0.717, 1.165) is 11.1 Å². The van der Waals surface area contributed by atoms with Gasteiger partial charge in [0, 0.05) is 5.33 Å².